The monoisotopic (exact) mass is 344 g/mol. The van der Waals surface area contributed by atoms with E-state index in [1.54, 1.807) is 26.8 Å². The fourth-order valence-corrected chi connectivity index (χ4v) is 2.78. The standard InChI is InChI=1S/C16H20N6O3/c1-8(2)17-14(24)15(25)19-12-7-9(3)21-22(12)16-18-11-6-4-5-10(11)13(23)20-16/h7-8H,4-6H2,1-3H3,(H,17,24)(H,19,25)(H,18,20,23). The van der Waals surface area contributed by atoms with Crippen LogP contribution in [0.2, 0.25) is 0 Å². The van der Waals surface area contributed by atoms with E-state index in [0.717, 1.165) is 25.0 Å². The molecular weight excluding hydrogens is 324 g/mol. The number of anilines is 1. The fourth-order valence-electron chi connectivity index (χ4n) is 2.78. The van der Waals surface area contributed by atoms with Gasteiger partial charge in [0.1, 0.15) is 5.82 Å². The van der Waals surface area contributed by atoms with Crippen LogP contribution in [0.5, 0.6) is 0 Å². The lowest BCUT2D eigenvalue weighted by Crippen LogP contribution is -2.39. The number of carbonyl (C=O) groups is 2. The molecule has 9 heteroatoms. The molecule has 1 aliphatic rings. The summed E-state index contributed by atoms with van der Waals surface area (Å²) in [5.41, 5.74) is 1.87. The number of aromatic nitrogens is 4. The van der Waals surface area contributed by atoms with E-state index in [2.05, 4.69) is 25.7 Å². The van der Waals surface area contributed by atoms with Crippen molar-refractivity contribution in [1.29, 1.82) is 0 Å². The molecule has 1 aliphatic carbocycles. The Morgan fingerprint density at radius 2 is 2.04 bits per heavy atom. The summed E-state index contributed by atoms with van der Waals surface area (Å²) in [5.74, 6) is -1.06. The molecule has 0 fully saturated rings. The van der Waals surface area contributed by atoms with Gasteiger partial charge in [0.15, 0.2) is 0 Å². The van der Waals surface area contributed by atoms with Crippen LogP contribution in [-0.4, -0.2) is 37.6 Å². The van der Waals surface area contributed by atoms with Gasteiger partial charge in [-0.2, -0.15) is 9.78 Å². The van der Waals surface area contributed by atoms with Crippen LogP contribution in [0, 0.1) is 6.92 Å². The number of hydrogen-bond acceptors (Lipinski definition) is 5. The summed E-state index contributed by atoms with van der Waals surface area (Å²) in [6.07, 6.45) is 2.35. The third kappa shape index (κ3) is 3.44. The number of hydrogen-bond donors (Lipinski definition) is 3. The lowest BCUT2D eigenvalue weighted by molar-refractivity contribution is -0.136. The lowest BCUT2D eigenvalue weighted by atomic mass is 10.3. The van der Waals surface area contributed by atoms with Gasteiger partial charge in [0.05, 0.1) is 11.4 Å². The molecule has 0 saturated heterocycles. The molecule has 0 atom stereocenters. The van der Waals surface area contributed by atoms with Crippen molar-refractivity contribution in [2.45, 2.75) is 46.1 Å². The first-order valence-corrected chi connectivity index (χ1v) is 8.16. The first-order valence-electron chi connectivity index (χ1n) is 8.16. The molecule has 25 heavy (non-hydrogen) atoms. The van der Waals surface area contributed by atoms with Gasteiger partial charge in [-0.1, -0.05) is 0 Å². The highest BCUT2D eigenvalue weighted by atomic mass is 16.2. The van der Waals surface area contributed by atoms with Crippen molar-refractivity contribution >= 4 is 17.6 Å². The maximum Gasteiger partial charge on any atom is 0.314 e. The number of aryl methyl sites for hydroxylation is 2. The van der Waals surface area contributed by atoms with Gasteiger partial charge in [0, 0.05) is 17.7 Å². The topological polar surface area (TPSA) is 122 Å². The number of nitrogens with zero attached hydrogens (tertiary/aromatic N) is 3. The normalized spacial score (nSPS) is 13.0. The molecule has 0 unspecified atom stereocenters. The van der Waals surface area contributed by atoms with Crippen LogP contribution in [0.15, 0.2) is 10.9 Å². The molecule has 0 saturated carbocycles. The van der Waals surface area contributed by atoms with Gasteiger partial charge in [0.25, 0.3) is 5.56 Å². The van der Waals surface area contributed by atoms with Gasteiger partial charge < -0.3 is 10.6 Å². The van der Waals surface area contributed by atoms with Crippen LogP contribution in [0.25, 0.3) is 5.95 Å². The largest absolute Gasteiger partial charge is 0.346 e. The number of carbonyl (C=O) groups excluding carboxylic acids is 2. The van der Waals surface area contributed by atoms with Crippen molar-refractivity contribution in [3.63, 3.8) is 0 Å². The second kappa shape index (κ2) is 6.50. The Balaban J connectivity index is 1.92. The van der Waals surface area contributed by atoms with Gasteiger partial charge in [-0.25, -0.2) is 4.98 Å². The van der Waals surface area contributed by atoms with E-state index in [4.69, 9.17) is 0 Å². The molecule has 9 nitrogen and oxygen atoms in total. The van der Waals surface area contributed by atoms with E-state index in [0.29, 0.717) is 11.3 Å². The zero-order valence-corrected chi connectivity index (χ0v) is 14.3. The van der Waals surface area contributed by atoms with Gasteiger partial charge in [0.2, 0.25) is 5.95 Å². The van der Waals surface area contributed by atoms with Crippen LogP contribution in [-0.2, 0) is 22.4 Å². The molecule has 2 heterocycles. The molecule has 0 bridgehead atoms. The van der Waals surface area contributed by atoms with Gasteiger partial charge in [-0.05, 0) is 40.0 Å². The number of nitrogens with one attached hydrogen (secondary N) is 3. The minimum atomic E-state index is -0.807. The molecule has 2 aromatic heterocycles. The maximum absolute atomic E-state index is 12.2. The van der Waals surface area contributed by atoms with Crippen LogP contribution in [0.4, 0.5) is 5.82 Å². The summed E-state index contributed by atoms with van der Waals surface area (Å²) < 4.78 is 1.33. The molecule has 0 radical (unpaired) electrons. The van der Waals surface area contributed by atoms with Crippen molar-refractivity contribution in [2.75, 3.05) is 5.32 Å². The predicted octanol–water partition coefficient (Wildman–Crippen LogP) is 0.216. The Morgan fingerprint density at radius 3 is 2.76 bits per heavy atom. The first-order chi connectivity index (χ1) is 11.8. The van der Waals surface area contributed by atoms with Gasteiger partial charge in [-0.3, -0.25) is 19.4 Å². The molecule has 2 amide bonds. The molecule has 3 rings (SSSR count). The lowest BCUT2D eigenvalue weighted by Gasteiger charge is -2.10. The first kappa shape index (κ1) is 16.9. The van der Waals surface area contributed by atoms with E-state index in [9.17, 15) is 14.4 Å². The predicted molar refractivity (Wildman–Crippen MR) is 90.7 cm³/mol. The molecule has 0 aliphatic heterocycles. The third-order valence-corrected chi connectivity index (χ3v) is 3.83. The van der Waals surface area contributed by atoms with Gasteiger partial charge >= 0.3 is 11.8 Å². The van der Waals surface area contributed by atoms with Crippen LogP contribution < -0.4 is 16.2 Å². The Hall–Kier alpha value is -2.97. The van der Waals surface area contributed by atoms with Crippen molar-refractivity contribution in [1.82, 2.24) is 25.1 Å². The number of H-pyrrole nitrogens is 1. The van der Waals surface area contributed by atoms with Crippen LogP contribution in [0.1, 0.15) is 37.2 Å². The average molecular weight is 344 g/mol. The second-order valence-corrected chi connectivity index (χ2v) is 6.33. The number of aromatic amines is 1. The van der Waals surface area contributed by atoms with E-state index in [-0.39, 0.29) is 23.4 Å². The maximum atomic E-state index is 12.2. The van der Waals surface area contributed by atoms with Gasteiger partial charge in [-0.15, -0.1) is 0 Å². The summed E-state index contributed by atoms with van der Waals surface area (Å²) in [5, 5.41) is 9.29. The minimum Gasteiger partial charge on any atom is -0.346 e. The van der Waals surface area contributed by atoms with E-state index >= 15 is 0 Å². The summed E-state index contributed by atoms with van der Waals surface area (Å²) >= 11 is 0. The Bertz CT molecular complexity index is 896. The van der Waals surface area contributed by atoms with Crippen molar-refractivity contribution in [3.8, 4) is 5.95 Å². The highest BCUT2D eigenvalue weighted by molar-refractivity contribution is 6.39. The fraction of sp³-hybridized carbons (Fsp3) is 0.438. The second-order valence-electron chi connectivity index (χ2n) is 6.33. The Kier molecular flexibility index (Phi) is 4.39. The van der Waals surface area contributed by atoms with Crippen molar-refractivity contribution < 1.29 is 9.59 Å². The highest BCUT2D eigenvalue weighted by Crippen LogP contribution is 2.19. The van der Waals surface area contributed by atoms with E-state index < -0.39 is 11.8 Å². The smallest absolute Gasteiger partial charge is 0.314 e. The molecular formula is C16H20N6O3. The third-order valence-electron chi connectivity index (χ3n) is 3.83. The minimum absolute atomic E-state index is 0.153. The van der Waals surface area contributed by atoms with Crippen molar-refractivity contribution in [3.05, 3.63) is 33.4 Å². The molecule has 0 aromatic carbocycles. The number of amides is 2. The van der Waals surface area contributed by atoms with Crippen LogP contribution >= 0.6 is 0 Å². The average Bonchev–Trinajstić information content (AvgIpc) is 3.13. The number of rotatable bonds is 3. The molecule has 3 N–H and O–H groups in total. The zero-order chi connectivity index (χ0) is 18.1. The summed E-state index contributed by atoms with van der Waals surface area (Å²) in [7, 11) is 0. The zero-order valence-electron chi connectivity index (χ0n) is 14.3. The summed E-state index contributed by atoms with van der Waals surface area (Å²) in [4.78, 5) is 43.2. The summed E-state index contributed by atoms with van der Waals surface area (Å²) in [6.45, 7) is 5.27. The SMILES string of the molecule is Cc1cc(NC(=O)C(=O)NC(C)C)n(-c2nc3c(c(=O)[nH]2)CCC3)n1. The molecule has 2 aromatic rings. The van der Waals surface area contributed by atoms with Crippen molar-refractivity contribution in [2.24, 2.45) is 0 Å². The highest BCUT2D eigenvalue weighted by Gasteiger charge is 2.21. The summed E-state index contributed by atoms with van der Waals surface area (Å²) in [6, 6.07) is 1.45. The quantitative estimate of drug-likeness (QED) is 0.688. The molecule has 0 spiro atoms. The Labute approximate surface area is 143 Å². The van der Waals surface area contributed by atoms with E-state index in [1.165, 1.54) is 4.68 Å². The molecule has 132 valence electrons. The van der Waals surface area contributed by atoms with E-state index in [1.807, 2.05) is 0 Å². The van der Waals surface area contributed by atoms with Crippen LogP contribution in [0.3, 0.4) is 0 Å². The number of fused-ring (bicyclic) bond motifs is 1. The Morgan fingerprint density at radius 1 is 1.28 bits per heavy atom.